The van der Waals surface area contributed by atoms with Crippen LogP contribution in [0.2, 0.25) is 0 Å². The molecule has 0 spiro atoms. The third kappa shape index (κ3) is 11.6. The summed E-state index contributed by atoms with van der Waals surface area (Å²) in [5, 5.41) is 7.69. The molecule has 10 nitrogen and oxygen atoms in total. The van der Waals surface area contributed by atoms with Crippen molar-refractivity contribution in [3.8, 4) is 11.8 Å². The van der Waals surface area contributed by atoms with Gasteiger partial charge in [0.05, 0.1) is 23.6 Å². The van der Waals surface area contributed by atoms with Gasteiger partial charge in [0.2, 0.25) is 23.7 Å². The van der Waals surface area contributed by atoms with Crippen molar-refractivity contribution >= 4 is 29.3 Å². The Balaban J connectivity index is 1.93. The molecule has 0 radical (unpaired) electrons. The number of nitrogens with one attached hydrogen (secondary N) is 3. The molecule has 3 N–H and O–H groups in total. The molecule has 2 rings (SSSR count). The third-order valence-electron chi connectivity index (χ3n) is 5.27. The van der Waals surface area contributed by atoms with Crippen molar-refractivity contribution in [3.05, 3.63) is 48.2 Å². The number of hydrogen-bond donors (Lipinski definition) is 3. The highest BCUT2D eigenvalue weighted by Crippen LogP contribution is 2.20. The first-order chi connectivity index (χ1) is 18.9. The predicted octanol–water partition coefficient (Wildman–Crippen LogP) is 2.94. The van der Waals surface area contributed by atoms with E-state index in [2.05, 4.69) is 42.7 Å². The number of unbranched alkanes of at least 4 members (excludes halogenated alkanes) is 1. The fraction of sp³-hybridized carbons (Fsp3) is 0.423. The second-order valence-electron chi connectivity index (χ2n) is 8.91. The van der Waals surface area contributed by atoms with Gasteiger partial charge in [0.25, 0.3) is 0 Å². The molecule has 0 unspecified atom stereocenters. The summed E-state index contributed by atoms with van der Waals surface area (Å²) in [5.74, 6) is 4.12. The van der Waals surface area contributed by atoms with Crippen LogP contribution in [-0.4, -0.2) is 89.6 Å². The van der Waals surface area contributed by atoms with Crippen molar-refractivity contribution in [2.75, 3.05) is 51.4 Å². The quantitative estimate of drug-likeness (QED) is 0.119. The Labute approximate surface area is 230 Å². The zero-order valence-electron chi connectivity index (χ0n) is 22.6. The SMILES string of the molecule is C[C@@H](C(=O)NCCCC#Cc1cnc(Nc2ccc(F)nc2)nc1NCC(F)(F)F)N(C)C(=O)C=CCN(C)C. The lowest BCUT2D eigenvalue weighted by atomic mass is 10.2. The maximum atomic E-state index is 13.0. The maximum absolute atomic E-state index is 13.0. The van der Waals surface area contributed by atoms with E-state index in [1.165, 1.54) is 29.4 Å². The zero-order chi connectivity index (χ0) is 29.7. The number of nitrogens with zero attached hydrogens (tertiary/aromatic N) is 5. The molecule has 2 heterocycles. The summed E-state index contributed by atoms with van der Waals surface area (Å²) in [6.07, 6.45) is 1.90. The summed E-state index contributed by atoms with van der Waals surface area (Å²) in [4.78, 5) is 39.4. The van der Waals surface area contributed by atoms with Crippen molar-refractivity contribution < 1.29 is 27.2 Å². The van der Waals surface area contributed by atoms with Crippen LogP contribution in [-0.2, 0) is 9.59 Å². The molecule has 0 aromatic carbocycles. The standard InChI is InChI=1S/C26H32F4N8O2/c1-18(38(4)22(39)10-8-14-37(2)3)24(40)31-13-7-5-6-9-19-15-33-25(35-20-11-12-21(27)32-16-20)36-23(19)34-17-26(28,29)30/h8,10-12,15-16,18H,5,7,13-14,17H2,1-4H3,(H,31,40)(H2,33,34,35,36)/t18-/m0/s1. The van der Waals surface area contributed by atoms with Crippen molar-refractivity contribution in [3.63, 3.8) is 0 Å². The van der Waals surface area contributed by atoms with Gasteiger partial charge in [0, 0.05) is 32.6 Å². The van der Waals surface area contributed by atoms with Gasteiger partial charge in [-0.2, -0.15) is 22.5 Å². The van der Waals surface area contributed by atoms with Gasteiger partial charge in [-0.15, -0.1) is 0 Å². The van der Waals surface area contributed by atoms with E-state index in [1.807, 2.05) is 19.0 Å². The summed E-state index contributed by atoms with van der Waals surface area (Å²) in [7, 11) is 5.29. The summed E-state index contributed by atoms with van der Waals surface area (Å²) >= 11 is 0. The number of carbonyl (C=O) groups excluding carboxylic acids is 2. The molecule has 2 amide bonds. The lowest BCUT2D eigenvalue weighted by molar-refractivity contribution is -0.135. The zero-order valence-corrected chi connectivity index (χ0v) is 22.6. The van der Waals surface area contributed by atoms with Crippen LogP contribution >= 0.6 is 0 Å². The van der Waals surface area contributed by atoms with Crippen molar-refractivity contribution in [1.29, 1.82) is 0 Å². The van der Waals surface area contributed by atoms with Crippen LogP contribution in [0.1, 0.15) is 25.3 Å². The average Bonchev–Trinajstić information content (AvgIpc) is 2.89. The normalized spacial score (nSPS) is 12.0. The van der Waals surface area contributed by atoms with E-state index in [1.54, 1.807) is 20.0 Å². The number of hydrogen-bond acceptors (Lipinski definition) is 8. The maximum Gasteiger partial charge on any atom is 0.405 e. The molecule has 0 bridgehead atoms. The molecule has 2 aromatic heterocycles. The second-order valence-corrected chi connectivity index (χ2v) is 8.91. The highest BCUT2D eigenvalue weighted by Gasteiger charge is 2.27. The molecule has 14 heteroatoms. The predicted molar refractivity (Wildman–Crippen MR) is 143 cm³/mol. The first-order valence-electron chi connectivity index (χ1n) is 12.3. The number of anilines is 3. The number of aromatic nitrogens is 3. The summed E-state index contributed by atoms with van der Waals surface area (Å²) in [6, 6.07) is 1.80. The van der Waals surface area contributed by atoms with Crippen LogP contribution in [0, 0.1) is 17.8 Å². The van der Waals surface area contributed by atoms with E-state index in [4.69, 9.17) is 0 Å². The van der Waals surface area contributed by atoms with Gasteiger partial charge in [0.15, 0.2) is 0 Å². The minimum absolute atomic E-state index is 0.0305. The van der Waals surface area contributed by atoms with Crippen LogP contribution in [0.4, 0.5) is 35.0 Å². The van der Waals surface area contributed by atoms with Crippen molar-refractivity contribution in [1.82, 2.24) is 30.1 Å². The number of amides is 2. The number of carbonyl (C=O) groups is 2. The molecule has 40 heavy (non-hydrogen) atoms. The molecule has 0 fully saturated rings. The first-order valence-corrected chi connectivity index (χ1v) is 12.3. The summed E-state index contributed by atoms with van der Waals surface area (Å²) in [6.45, 7) is 1.18. The van der Waals surface area contributed by atoms with E-state index in [9.17, 15) is 27.2 Å². The van der Waals surface area contributed by atoms with Gasteiger partial charge >= 0.3 is 6.18 Å². The Kier molecular flexibility index (Phi) is 12.3. The monoisotopic (exact) mass is 564 g/mol. The third-order valence-corrected chi connectivity index (χ3v) is 5.27. The molecule has 1 atom stereocenters. The molecule has 0 saturated carbocycles. The fourth-order valence-corrected chi connectivity index (χ4v) is 2.97. The lowest BCUT2D eigenvalue weighted by Gasteiger charge is -2.23. The van der Waals surface area contributed by atoms with Gasteiger partial charge in [-0.3, -0.25) is 9.59 Å². The van der Waals surface area contributed by atoms with Gasteiger partial charge in [0.1, 0.15) is 18.4 Å². The van der Waals surface area contributed by atoms with Gasteiger partial charge < -0.3 is 25.8 Å². The molecule has 0 aliphatic rings. The number of likely N-dealkylation sites (N-methyl/N-ethyl adjacent to an activating group) is 2. The fourth-order valence-electron chi connectivity index (χ4n) is 2.97. The van der Waals surface area contributed by atoms with E-state index in [-0.39, 0.29) is 29.1 Å². The molecular weight excluding hydrogens is 532 g/mol. The molecule has 2 aromatic rings. The Hall–Kier alpha value is -4.25. The molecule has 0 aliphatic heterocycles. The van der Waals surface area contributed by atoms with Gasteiger partial charge in [-0.1, -0.05) is 17.9 Å². The van der Waals surface area contributed by atoms with Crippen LogP contribution in [0.15, 0.2) is 36.7 Å². The van der Waals surface area contributed by atoms with E-state index in [0.717, 1.165) is 6.07 Å². The second kappa shape index (κ2) is 15.4. The Morgan fingerprint density at radius 1 is 1.15 bits per heavy atom. The van der Waals surface area contributed by atoms with E-state index >= 15 is 0 Å². The van der Waals surface area contributed by atoms with Crippen LogP contribution in [0.3, 0.4) is 0 Å². The van der Waals surface area contributed by atoms with Gasteiger partial charge in [-0.05, 0) is 39.6 Å². The summed E-state index contributed by atoms with van der Waals surface area (Å²) < 4.78 is 51.4. The van der Waals surface area contributed by atoms with Crippen molar-refractivity contribution in [2.24, 2.45) is 0 Å². The Morgan fingerprint density at radius 3 is 2.55 bits per heavy atom. The number of rotatable bonds is 12. The van der Waals surface area contributed by atoms with Crippen LogP contribution < -0.4 is 16.0 Å². The number of halogens is 4. The number of pyridine rings is 1. The van der Waals surface area contributed by atoms with E-state index in [0.29, 0.717) is 31.6 Å². The topological polar surface area (TPSA) is 115 Å². The minimum Gasteiger partial charge on any atom is -0.360 e. The molecule has 216 valence electrons. The minimum atomic E-state index is -4.49. The first kappa shape index (κ1) is 32.0. The number of alkyl halides is 3. The van der Waals surface area contributed by atoms with Crippen LogP contribution in [0.5, 0.6) is 0 Å². The molecular formula is C26H32F4N8O2. The smallest absolute Gasteiger partial charge is 0.360 e. The average molecular weight is 565 g/mol. The summed E-state index contributed by atoms with van der Waals surface area (Å²) in [5.41, 5.74) is 0.488. The van der Waals surface area contributed by atoms with E-state index < -0.39 is 24.7 Å². The highest BCUT2D eigenvalue weighted by atomic mass is 19.4. The molecule has 0 saturated heterocycles. The van der Waals surface area contributed by atoms with Crippen LogP contribution in [0.25, 0.3) is 0 Å². The lowest BCUT2D eigenvalue weighted by Crippen LogP contribution is -2.45. The molecule has 0 aliphatic carbocycles. The Bertz CT molecular complexity index is 1220. The Morgan fingerprint density at radius 2 is 1.90 bits per heavy atom. The van der Waals surface area contributed by atoms with Crippen molar-refractivity contribution in [2.45, 2.75) is 32.0 Å². The largest absolute Gasteiger partial charge is 0.405 e. The highest BCUT2D eigenvalue weighted by molar-refractivity contribution is 5.92. The van der Waals surface area contributed by atoms with Gasteiger partial charge in [-0.25, -0.2) is 9.97 Å².